The van der Waals surface area contributed by atoms with Crippen LogP contribution < -0.4 is 9.47 Å². The number of rotatable bonds is 2. The van der Waals surface area contributed by atoms with Gasteiger partial charge in [0.15, 0.2) is 11.5 Å². The summed E-state index contributed by atoms with van der Waals surface area (Å²) >= 11 is 4.68. The fourth-order valence-electron chi connectivity index (χ4n) is 1.47. The lowest BCUT2D eigenvalue weighted by Gasteiger charge is -2.10. The van der Waals surface area contributed by atoms with E-state index >= 15 is 0 Å². The molecule has 0 saturated carbocycles. The molecule has 0 unspecified atom stereocenters. The van der Waals surface area contributed by atoms with Crippen molar-refractivity contribution < 1.29 is 23.0 Å². The summed E-state index contributed by atoms with van der Waals surface area (Å²) in [5.74, 6) is -0.721. The predicted molar refractivity (Wildman–Crippen MR) is 57.2 cm³/mol. The average molecular weight is 263 g/mol. The van der Waals surface area contributed by atoms with Gasteiger partial charge >= 0.3 is 5.38 Å². The molecule has 3 nitrogen and oxygen atoms in total. The molecule has 0 N–H and O–H groups in total. The summed E-state index contributed by atoms with van der Waals surface area (Å²) < 4.78 is 35.9. The zero-order valence-corrected chi connectivity index (χ0v) is 9.47. The first-order valence-corrected chi connectivity index (χ1v) is 5.37. The van der Waals surface area contributed by atoms with Gasteiger partial charge in [0.05, 0.1) is 13.2 Å². The van der Waals surface area contributed by atoms with Crippen LogP contribution in [0.15, 0.2) is 18.2 Å². The molecule has 0 radical (unpaired) electrons. The van der Waals surface area contributed by atoms with Gasteiger partial charge in [-0.2, -0.15) is 8.78 Å². The number of benzene rings is 1. The van der Waals surface area contributed by atoms with E-state index < -0.39 is 11.2 Å². The minimum absolute atomic E-state index is 0.200. The predicted octanol–water partition coefficient (Wildman–Crippen LogP) is 2.86. The molecule has 0 amide bonds. The molecule has 17 heavy (non-hydrogen) atoms. The normalized spacial score (nSPS) is 15.2. The molecule has 1 aliphatic rings. The van der Waals surface area contributed by atoms with Crippen molar-refractivity contribution in [3.05, 3.63) is 23.8 Å². The van der Waals surface area contributed by atoms with E-state index in [-0.39, 0.29) is 11.3 Å². The van der Waals surface area contributed by atoms with Gasteiger partial charge in [0.25, 0.3) is 0 Å². The highest BCUT2D eigenvalue weighted by atomic mass is 35.5. The van der Waals surface area contributed by atoms with Crippen LogP contribution >= 0.6 is 11.6 Å². The monoisotopic (exact) mass is 262 g/mol. The molecule has 1 heterocycles. The lowest BCUT2D eigenvalue weighted by Crippen LogP contribution is -2.21. The van der Waals surface area contributed by atoms with Gasteiger partial charge in [0.2, 0.25) is 5.78 Å². The second-order valence-corrected chi connectivity index (χ2v) is 4.01. The molecule has 0 spiro atoms. The number of ether oxygens (including phenoxy) is 2. The van der Waals surface area contributed by atoms with Crippen molar-refractivity contribution in [2.75, 3.05) is 13.2 Å². The molecule has 0 aromatic heterocycles. The third kappa shape index (κ3) is 2.66. The summed E-state index contributed by atoms with van der Waals surface area (Å²) in [6, 6.07) is 3.89. The molecule has 0 fully saturated rings. The van der Waals surface area contributed by atoms with E-state index in [4.69, 9.17) is 9.47 Å². The van der Waals surface area contributed by atoms with Gasteiger partial charge in [0, 0.05) is 12.0 Å². The van der Waals surface area contributed by atoms with E-state index in [1.165, 1.54) is 18.2 Å². The highest BCUT2D eigenvalue weighted by Gasteiger charge is 2.37. The fourth-order valence-corrected chi connectivity index (χ4v) is 1.58. The van der Waals surface area contributed by atoms with Crippen molar-refractivity contribution in [2.24, 2.45) is 0 Å². The highest BCUT2D eigenvalue weighted by molar-refractivity contribution is 6.35. The maximum Gasteiger partial charge on any atom is 0.384 e. The van der Waals surface area contributed by atoms with Gasteiger partial charge in [-0.25, -0.2) is 0 Å². The minimum atomic E-state index is -3.90. The van der Waals surface area contributed by atoms with Crippen molar-refractivity contribution in [2.45, 2.75) is 11.8 Å². The molecule has 1 aromatic carbocycles. The van der Waals surface area contributed by atoms with Gasteiger partial charge in [-0.1, -0.05) is 0 Å². The van der Waals surface area contributed by atoms with Crippen LogP contribution in [0.3, 0.4) is 0 Å². The molecule has 0 saturated heterocycles. The van der Waals surface area contributed by atoms with Crippen LogP contribution in [0.4, 0.5) is 8.78 Å². The van der Waals surface area contributed by atoms with E-state index in [9.17, 15) is 13.6 Å². The summed E-state index contributed by atoms with van der Waals surface area (Å²) in [6.07, 6.45) is 0.698. The molecular formula is C11H9ClF2O3. The van der Waals surface area contributed by atoms with E-state index in [2.05, 4.69) is 11.6 Å². The van der Waals surface area contributed by atoms with Crippen LogP contribution in [0.25, 0.3) is 0 Å². The first-order valence-electron chi connectivity index (χ1n) is 4.99. The Balaban J connectivity index is 2.33. The third-order valence-corrected chi connectivity index (χ3v) is 2.44. The number of halogens is 3. The highest BCUT2D eigenvalue weighted by Crippen LogP contribution is 2.33. The van der Waals surface area contributed by atoms with E-state index in [0.29, 0.717) is 25.4 Å². The van der Waals surface area contributed by atoms with Crippen molar-refractivity contribution >= 4 is 17.4 Å². The molecule has 2 rings (SSSR count). The number of fused-ring (bicyclic) bond motifs is 1. The summed E-state index contributed by atoms with van der Waals surface area (Å²) in [5, 5.41) is -3.90. The largest absolute Gasteiger partial charge is 0.490 e. The van der Waals surface area contributed by atoms with Gasteiger partial charge in [-0.05, 0) is 29.8 Å². The zero-order chi connectivity index (χ0) is 12.5. The van der Waals surface area contributed by atoms with Crippen molar-refractivity contribution in [3.8, 4) is 11.5 Å². The number of carbonyl (C=O) groups is 1. The van der Waals surface area contributed by atoms with Crippen molar-refractivity contribution in [3.63, 3.8) is 0 Å². The molecular weight excluding hydrogens is 254 g/mol. The Morgan fingerprint density at radius 3 is 2.53 bits per heavy atom. The maximum atomic E-state index is 12.7. The molecule has 1 aromatic rings. The number of hydrogen-bond acceptors (Lipinski definition) is 3. The quantitative estimate of drug-likeness (QED) is 0.607. The summed E-state index contributed by atoms with van der Waals surface area (Å²) in [6.45, 7) is 0.911. The molecule has 0 atom stereocenters. The molecule has 6 heteroatoms. The molecule has 92 valence electrons. The topological polar surface area (TPSA) is 35.5 Å². The zero-order valence-electron chi connectivity index (χ0n) is 8.71. The summed E-state index contributed by atoms with van der Waals surface area (Å²) in [5.41, 5.74) is -0.200. The Labute approximate surface area is 101 Å². The Morgan fingerprint density at radius 1 is 1.24 bits per heavy atom. The van der Waals surface area contributed by atoms with Gasteiger partial charge in [-0.15, -0.1) is 0 Å². The van der Waals surface area contributed by atoms with Crippen LogP contribution in [-0.4, -0.2) is 24.4 Å². The standard InChI is InChI=1S/C11H9ClF2O3/c12-11(13,14)10(15)7-2-3-8-9(6-7)17-5-1-4-16-8/h2-3,6H,1,4-5H2. The van der Waals surface area contributed by atoms with Crippen LogP contribution in [0.2, 0.25) is 0 Å². The second kappa shape index (κ2) is 4.49. The van der Waals surface area contributed by atoms with E-state index in [1.54, 1.807) is 0 Å². The number of alkyl halides is 3. The van der Waals surface area contributed by atoms with E-state index in [1.807, 2.05) is 0 Å². The molecule has 1 aliphatic heterocycles. The lowest BCUT2D eigenvalue weighted by molar-refractivity contribution is 0.0536. The number of carbonyl (C=O) groups excluding carboxylic acids is 1. The van der Waals surface area contributed by atoms with E-state index in [0.717, 1.165) is 0 Å². The smallest absolute Gasteiger partial charge is 0.384 e. The van der Waals surface area contributed by atoms with Gasteiger partial charge in [0.1, 0.15) is 0 Å². The second-order valence-electron chi connectivity index (χ2n) is 3.54. The number of hydrogen-bond donors (Lipinski definition) is 0. The van der Waals surface area contributed by atoms with Crippen LogP contribution in [0.1, 0.15) is 16.8 Å². The Morgan fingerprint density at radius 2 is 1.88 bits per heavy atom. The van der Waals surface area contributed by atoms with Gasteiger partial charge < -0.3 is 9.47 Å². The van der Waals surface area contributed by atoms with Crippen LogP contribution in [0.5, 0.6) is 11.5 Å². The third-order valence-electron chi connectivity index (χ3n) is 2.27. The maximum absolute atomic E-state index is 12.7. The Hall–Kier alpha value is -1.36. The van der Waals surface area contributed by atoms with Crippen molar-refractivity contribution in [1.29, 1.82) is 0 Å². The minimum Gasteiger partial charge on any atom is -0.490 e. The average Bonchev–Trinajstić information content (AvgIpc) is 2.50. The molecule has 0 aliphatic carbocycles. The first kappa shape index (κ1) is 12.1. The van der Waals surface area contributed by atoms with Crippen LogP contribution in [0, 0.1) is 0 Å². The SMILES string of the molecule is O=C(c1ccc2c(c1)OCCCO2)C(F)(F)Cl. The first-order chi connectivity index (χ1) is 7.98. The van der Waals surface area contributed by atoms with Gasteiger partial charge in [-0.3, -0.25) is 4.79 Å². The summed E-state index contributed by atoms with van der Waals surface area (Å²) in [7, 11) is 0. The summed E-state index contributed by atoms with van der Waals surface area (Å²) in [4.78, 5) is 11.3. The van der Waals surface area contributed by atoms with Crippen LogP contribution in [-0.2, 0) is 0 Å². The number of ketones is 1. The Bertz CT molecular complexity index is 443. The Kier molecular flexibility index (Phi) is 3.19. The fraction of sp³-hybridized carbons (Fsp3) is 0.364. The number of Topliss-reactive ketones (excluding diaryl/α,β-unsaturated/α-hetero) is 1. The van der Waals surface area contributed by atoms with Crippen molar-refractivity contribution in [1.82, 2.24) is 0 Å². The lowest BCUT2D eigenvalue weighted by atomic mass is 10.1. The molecule has 0 bridgehead atoms.